The maximum atomic E-state index is 6.03. The molecule has 0 heterocycles. The number of rotatable bonds is 5. The first kappa shape index (κ1) is 13.3. The third-order valence-electron chi connectivity index (χ3n) is 2.52. The van der Waals surface area contributed by atoms with Crippen LogP contribution in [0, 0.1) is 0 Å². The molecule has 0 aromatic heterocycles. The molecule has 0 aliphatic heterocycles. The van der Waals surface area contributed by atoms with Crippen molar-refractivity contribution in [3.05, 3.63) is 28.8 Å². The SMILES string of the molecule is COc1ccc(C(CN)(OC)OC)cc1Cl. The second kappa shape index (κ2) is 5.50. The van der Waals surface area contributed by atoms with Crippen LogP contribution >= 0.6 is 11.6 Å². The normalized spacial score (nSPS) is 11.6. The van der Waals surface area contributed by atoms with Gasteiger partial charge in [0.25, 0.3) is 0 Å². The van der Waals surface area contributed by atoms with E-state index in [0.717, 1.165) is 5.56 Å². The molecule has 0 atom stereocenters. The van der Waals surface area contributed by atoms with E-state index in [9.17, 15) is 0 Å². The molecule has 1 aromatic rings. The average Bonchev–Trinajstić information content (AvgIpc) is 2.32. The minimum Gasteiger partial charge on any atom is -0.495 e. The number of nitrogens with two attached hydrogens (primary N) is 1. The Morgan fingerprint density at radius 1 is 1.25 bits per heavy atom. The highest BCUT2D eigenvalue weighted by atomic mass is 35.5. The third kappa shape index (κ3) is 2.30. The lowest BCUT2D eigenvalue weighted by Gasteiger charge is -2.30. The number of hydrogen-bond acceptors (Lipinski definition) is 4. The van der Waals surface area contributed by atoms with Crippen LogP contribution in [0.1, 0.15) is 5.56 Å². The lowest BCUT2D eigenvalue weighted by molar-refractivity contribution is -0.207. The Hall–Kier alpha value is -0.810. The molecule has 0 saturated heterocycles. The van der Waals surface area contributed by atoms with Gasteiger partial charge in [0, 0.05) is 19.8 Å². The van der Waals surface area contributed by atoms with Crippen molar-refractivity contribution in [2.75, 3.05) is 27.9 Å². The second-order valence-electron chi connectivity index (χ2n) is 3.21. The summed E-state index contributed by atoms with van der Waals surface area (Å²) in [5.74, 6) is -0.362. The van der Waals surface area contributed by atoms with Gasteiger partial charge in [-0.15, -0.1) is 0 Å². The zero-order valence-corrected chi connectivity index (χ0v) is 10.4. The quantitative estimate of drug-likeness (QED) is 0.803. The molecule has 0 unspecified atom stereocenters. The summed E-state index contributed by atoms with van der Waals surface area (Å²) in [4.78, 5) is 0. The van der Waals surface area contributed by atoms with Gasteiger partial charge < -0.3 is 19.9 Å². The molecule has 5 heteroatoms. The van der Waals surface area contributed by atoms with Crippen molar-refractivity contribution in [1.29, 1.82) is 0 Å². The highest BCUT2D eigenvalue weighted by Crippen LogP contribution is 2.32. The molecule has 2 N–H and O–H groups in total. The first-order valence-corrected chi connectivity index (χ1v) is 5.15. The molecule has 0 radical (unpaired) electrons. The van der Waals surface area contributed by atoms with Crippen molar-refractivity contribution >= 4 is 11.6 Å². The van der Waals surface area contributed by atoms with Gasteiger partial charge in [-0.1, -0.05) is 11.6 Å². The topological polar surface area (TPSA) is 53.7 Å². The number of ether oxygens (including phenoxy) is 3. The van der Waals surface area contributed by atoms with E-state index in [-0.39, 0.29) is 6.54 Å². The smallest absolute Gasteiger partial charge is 0.207 e. The predicted octanol–water partition coefficient (Wildman–Crippen LogP) is 1.75. The molecule has 0 aliphatic rings. The zero-order valence-electron chi connectivity index (χ0n) is 9.62. The molecule has 0 bridgehead atoms. The summed E-state index contributed by atoms with van der Waals surface area (Å²) in [6.07, 6.45) is 0. The molecule has 0 amide bonds. The summed E-state index contributed by atoms with van der Waals surface area (Å²) < 4.78 is 15.7. The standard InChI is InChI=1S/C11H16ClNO3/c1-14-10-5-4-8(6-9(10)12)11(7-13,15-2)16-3/h4-6H,7,13H2,1-3H3. The maximum Gasteiger partial charge on any atom is 0.207 e. The van der Waals surface area contributed by atoms with Gasteiger partial charge in [0.2, 0.25) is 5.79 Å². The second-order valence-corrected chi connectivity index (χ2v) is 3.62. The molecular formula is C11H16ClNO3. The van der Waals surface area contributed by atoms with Gasteiger partial charge >= 0.3 is 0 Å². The minimum absolute atomic E-state index is 0.197. The van der Waals surface area contributed by atoms with Gasteiger partial charge in [0.1, 0.15) is 5.75 Å². The fourth-order valence-corrected chi connectivity index (χ4v) is 1.76. The van der Waals surface area contributed by atoms with Gasteiger partial charge in [-0.2, -0.15) is 0 Å². The highest BCUT2D eigenvalue weighted by molar-refractivity contribution is 6.32. The molecule has 0 aliphatic carbocycles. The maximum absolute atomic E-state index is 6.03. The van der Waals surface area contributed by atoms with E-state index >= 15 is 0 Å². The zero-order chi connectivity index (χ0) is 12.2. The molecule has 16 heavy (non-hydrogen) atoms. The summed E-state index contributed by atoms with van der Waals surface area (Å²) in [6, 6.07) is 5.28. The molecule has 90 valence electrons. The van der Waals surface area contributed by atoms with E-state index in [1.54, 1.807) is 19.2 Å². The van der Waals surface area contributed by atoms with E-state index < -0.39 is 5.79 Å². The molecule has 0 spiro atoms. The Kier molecular flexibility index (Phi) is 4.56. The molecular weight excluding hydrogens is 230 g/mol. The van der Waals surface area contributed by atoms with Crippen LogP contribution in [0.3, 0.4) is 0 Å². The van der Waals surface area contributed by atoms with Crippen LogP contribution in [-0.4, -0.2) is 27.9 Å². The summed E-state index contributed by atoms with van der Waals surface area (Å²) in [5.41, 5.74) is 6.41. The average molecular weight is 246 g/mol. The lowest BCUT2D eigenvalue weighted by Crippen LogP contribution is -2.38. The van der Waals surface area contributed by atoms with E-state index in [4.69, 9.17) is 31.5 Å². The Bertz CT molecular complexity index is 345. The minimum atomic E-state index is -0.962. The number of hydrogen-bond donors (Lipinski definition) is 1. The van der Waals surface area contributed by atoms with Gasteiger partial charge in [0.05, 0.1) is 18.7 Å². The summed E-state index contributed by atoms with van der Waals surface area (Å²) >= 11 is 6.03. The van der Waals surface area contributed by atoms with Crippen molar-refractivity contribution in [3.63, 3.8) is 0 Å². The highest BCUT2D eigenvalue weighted by Gasteiger charge is 2.30. The fraction of sp³-hybridized carbons (Fsp3) is 0.455. The largest absolute Gasteiger partial charge is 0.495 e. The summed E-state index contributed by atoms with van der Waals surface area (Å²) in [6.45, 7) is 0.197. The predicted molar refractivity (Wildman–Crippen MR) is 62.8 cm³/mol. The van der Waals surface area contributed by atoms with Crippen LogP contribution in [0.2, 0.25) is 5.02 Å². The molecule has 1 rings (SSSR count). The Morgan fingerprint density at radius 2 is 1.88 bits per heavy atom. The molecule has 0 fully saturated rings. The van der Waals surface area contributed by atoms with Gasteiger partial charge in [-0.05, 0) is 18.2 Å². The van der Waals surface area contributed by atoms with E-state index in [0.29, 0.717) is 10.8 Å². The molecule has 0 saturated carbocycles. The van der Waals surface area contributed by atoms with Crippen LogP contribution < -0.4 is 10.5 Å². The van der Waals surface area contributed by atoms with Crippen LogP contribution in [0.5, 0.6) is 5.75 Å². The molecule has 4 nitrogen and oxygen atoms in total. The van der Waals surface area contributed by atoms with Crippen LogP contribution in [-0.2, 0) is 15.3 Å². The van der Waals surface area contributed by atoms with E-state index in [2.05, 4.69) is 0 Å². The van der Waals surface area contributed by atoms with Crippen molar-refractivity contribution in [2.24, 2.45) is 5.73 Å². The molecule has 1 aromatic carbocycles. The van der Waals surface area contributed by atoms with Crippen molar-refractivity contribution < 1.29 is 14.2 Å². The Morgan fingerprint density at radius 3 is 2.25 bits per heavy atom. The first-order valence-electron chi connectivity index (χ1n) is 4.78. The Balaban J connectivity index is 3.16. The van der Waals surface area contributed by atoms with Crippen molar-refractivity contribution in [3.8, 4) is 5.75 Å². The number of methoxy groups -OCH3 is 3. The van der Waals surface area contributed by atoms with Gasteiger partial charge in [0.15, 0.2) is 0 Å². The van der Waals surface area contributed by atoms with Crippen LogP contribution in [0.25, 0.3) is 0 Å². The summed E-state index contributed by atoms with van der Waals surface area (Å²) in [5, 5.41) is 0.493. The van der Waals surface area contributed by atoms with Gasteiger partial charge in [-0.3, -0.25) is 0 Å². The van der Waals surface area contributed by atoms with E-state index in [1.807, 2.05) is 6.07 Å². The first-order chi connectivity index (χ1) is 7.63. The van der Waals surface area contributed by atoms with Crippen molar-refractivity contribution in [1.82, 2.24) is 0 Å². The van der Waals surface area contributed by atoms with E-state index in [1.165, 1.54) is 14.2 Å². The van der Waals surface area contributed by atoms with Crippen LogP contribution in [0.15, 0.2) is 18.2 Å². The van der Waals surface area contributed by atoms with Gasteiger partial charge in [-0.25, -0.2) is 0 Å². The lowest BCUT2D eigenvalue weighted by atomic mass is 10.1. The number of halogens is 1. The number of benzene rings is 1. The Labute approximate surface area is 100 Å². The monoisotopic (exact) mass is 245 g/mol. The van der Waals surface area contributed by atoms with Crippen LogP contribution in [0.4, 0.5) is 0 Å². The third-order valence-corrected chi connectivity index (χ3v) is 2.82. The summed E-state index contributed by atoms with van der Waals surface area (Å²) in [7, 11) is 4.63. The fourth-order valence-electron chi connectivity index (χ4n) is 1.51. The van der Waals surface area contributed by atoms with Crippen molar-refractivity contribution in [2.45, 2.75) is 5.79 Å².